The lowest BCUT2D eigenvalue weighted by atomic mass is 10.3. The van der Waals surface area contributed by atoms with Gasteiger partial charge in [0.15, 0.2) is 11.5 Å². The van der Waals surface area contributed by atoms with E-state index in [0.29, 0.717) is 0 Å². The first-order valence-corrected chi connectivity index (χ1v) is 6.16. The number of carbonyl (C=O) groups excluding carboxylic acids is 3. The van der Waals surface area contributed by atoms with Crippen molar-refractivity contribution in [3.63, 3.8) is 0 Å². The van der Waals surface area contributed by atoms with Crippen molar-refractivity contribution in [2.45, 2.75) is 6.54 Å². The summed E-state index contributed by atoms with van der Waals surface area (Å²) in [7, 11) is 0. The molecule has 8 nitrogen and oxygen atoms in total. The van der Waals surface area contributed by atoms with Crippen molar-refractivity contribution in [3.8, 4) is 0 Å². The maximum absolute atomic E-state index is 13.3. The van der Waals surface area contributed by atoms with Crippen LogP contribution in [0.25, 0.3) is 0 Å². The molecule has 0 bridgehead atoms. The number of benzene rings is 1. The zero-order valence-corrected chi connectivity index (χ0v) is 11.4. The van der Waals surface area contributed by atoms with Crippen molar-refractivity contribution in [3.05, 3.63) is 47.4 Å². The molecular weight excluding hydrogens is 314 g/mol. The molecule has 0 unspecified atom stereocenters. The van der Waals surface area contributed by atoms with Gasteiger partial charge in [0.2, 0.25) is 0 Å². The van der Waals surface area contributed by atoms with Gasteiger partial charge in [-0.25, -0.2) is 8.78 Å². The van der Waals surface area contributed by atoms with Gasteiger partial charge in [-0.3, -0.25) is 14.4 Å². The normalized spacial score (nSPS) is 10.2. The molecule has 0 saturated heterocycles. The molecule has 2 aromatic rings. The number of aromatic nitrogens is 1. The molecule has 0 aliphatic heterocycles. The summed E-state index contributed by atoms with van der Waals surface area (Å²) in [5.74, 6) is -4.73. The summed E-state index contributed by atoms with van der Waals surface area (Å²) >= 11 is 0. The smallest absolute Gasteiger partial charge is 0.313 e. The average molecular weight is 324 g/mol. The molecule has 120 valence electrons. The van der Waals surface area contributed by atoms with Gasteiger partial charge in [-0.2, -0.15) is 0 Å². The Morgan fingerprint density at radius 1 is 1.17 bits per heavy atom. The van der Waals surface area contributed by atoms with Gasteiger partial charge in [0.25, 0.3) is 5.91 Å². The van der Waals surface area contributed by atoms with Gasteiger partial charge in [-0.15, -0.1) is 0 Å². The number of carbonyl (C=O) groups is 3. The van der Waals surface area contributed by atoms with Gasteiger partial charge in [0.1, 0.15) is 11.6 Å². The van der Waals surface area contributed by atoms with Crippen LogP contribution in [0.1, 0.15) is 16.2 Å². The van der Waals surface area contributed by atoms with Crippen LogP contribution in [0, 0.1) is 11.6 Å². The molecular formula is C13H10F2N4O4. The maximum Gasteiger partial charge on any atom is 0.313 e. The van der Waals surface area contributed by atoms with Crippen molar-refractivity contribution in [2.24, 2.45) is 5.73 Å². The van der Waals surface area contributed by atoms with E-state index in [-0.39, 0.29) is 18.0 Å². The van der Waals surface area contributed by atoms with Crippen LogP contribution in [-0.4, -0.2) is 22.9 Å². The van der Waals surface area contributed by atoms with E-state index in [1.807, 2.05) is 5.32 Å². The third kappa shape index (κ3) is 4.09. The summed E-state index contributed by atoms with van der Waals surface area (Å²) in [5.41, 5.74) is 4.35. The van der Waals surface area contributed by atoms with Gasteiger partial charge in [-0.1, -0.05) is 5.16 Å². The molecule has 1 heterocycles. The standard InChI is InChI=1S/C13H10F2N4O4/c14-6-1-2-8(15)9(3-6)18-13(22)12(21)17-5-7-4-10(11(16)20)19-23-7/h1-4H,5H2,(H2,16,20)(H,17,21)(H,18,22). The first-order chi connectivity index (χ1) is 10.9. The summed E-state index contributed by atoms with van der Waals surface area (Å²) in [5, 5.41) is 7.41. The van der Waals surface area contributed by atoms with Crippen molar-refractivity contribution in [2.75, 3.05) is 5.32 Å². The lowest BCUT2D eigenvalue weighted by molar-refractivity contribution is -0.136. The molecule has 0 aliphatic carbocycles. The first kappa shape index (κ1) is 16.1. The minimum atomic E-state index is -1.20. The van der Waals surface area contributed by atoms with Crippen molar-refractivity contribution in [1.82, 2.24) is 10.5 Å². The van der Waals surface area contributed by atoms with Crippen LogP contribution in [0.4, 0.5) is 14.5 Å². The molecule has 0 aliphatic rings. The molecule has 2 rings (SSSR count). The number of anilines is 1. The topological polar surface area (TPSA) is 127 Å². The number of nitrogens with two attached hydrogens (primary N) is 1. The Morgan fingerprint density at radius 3 is 2.57 bits per heavy atom. The zero-order chi connectivity index (χ0) is 17.0. The molecule has 0 radical (unpaired) electrons. The predicted octanol–water partition coefficient (Wildman–Crippen LogP) is 0.307. The van der Waals surface area contributed by atoms with Gasteiger partial charge in [0, 0.05) is 12.1 Å². The molecule has 0 spiro atoms. The second kappa shape index (κ2) is 6.64. The zero-order valence-electron chi connectivity index (χ0n) is 11.4. The Kier molecular flexibility index (Phi) is 4.64. The van der Waals surface area contributed by atoms with Crippen LogP contribution in [0.2, 0.25) is 0 Å². The summed E-state index contributed by atoms with van der Waals surface area (Å²) in [6.45, 7) is -0.252. The second-order valence-corrected chi connectivity index (χ2v) is 4.30. The number of amides is 3. The third-order valence-electron chi connectivity index (χ3n) is 2.62. The Balaban J connectivity index is 1.93. The molecule has 0 saturated carbocycles. The second-order valence-electron chi connectivity index (χ2n) is 4.30. The van der Waals surface area contributed by atoms with Crippen LogP contribution in [-0.2, 0) is 16.1 Å². The minimum Gasteiger partial charge on any atom is -0.364 e. The summed E-state index contributed by atoms with van der Waals surface area (Å²) in [6, 6.07) is 3.59. The monoisotopic (exact) mass is 324 g/mol. The highest BCUT2D eigenvalue weighted by molar-refractivity contribution is 6.39. The van der Waals surface area contributed by atoms with E-state index >= 15 is 0 Å². The molecule has 4 N–H and O–H groups in total. The number of rotatable bonds is 4. The van der Waals surface area contributed by atoms with E-state index in [0.717, 1.165) is 18.2 Å². The Labute approximate surface area is 127 Å². The number of nitrogens with zero attached hydrogens (tertiary/aromatic N) is 1. The van der Waals surface area contributed by atoms with Crippen molar-refractivity contribution in [1.29, 1.82) is 0 Å². The largest absolute Gasteiger partial charge is 0.364 e. The number of primary amides is 1. The van der Waals surface area contributed by atoms with E-state index in [4.69, 9.17) is 10.3 Å². The van der Waals surface area contributed by atoms with Crippen LogP contribution in [0.3, 0.4) is 0 Å². The van der Waals surface area contributed by atoms with Crippen molar-refractivity contribution < 1.29 is 27.7 Å². The molecule has 1 aromatic carbocycles. The van der Waals surface area contributed by atoms with Gasteiger partial charge >= 0.3 is 11.8 Å². The molecule has 23 heavy (non-hydrogen) atoms. The van der Waals surface area contributed by atoms with E-state index in [1.54, 1.807) is 0 Å². The highest BCUT2D eigenvalue weighted by Gasteiger charge is 2.17. The fraction of sp³-hybridized carbons (Fsp3) is 0.0769. The highest BCUT2D eigenvalue weighted by atomic mass is 19.1. The van der Waals surface area contributed by atoms with Crippen LogP contribution < -0.4 is 16.4 Å². The lowest BCUT2D eigenvalue weighted by Crippen LogP contribution is -2.35. The minimum absolute atomic E-state index is 0.0805. The Bertz CT molecular complexity index is 775. The summed E-state index contributed by atoms with van der Waals surface area (Å²) < 4.78 is 31.0. The van der Waals surface area contributed by atoms with E-state index in [1.165, 1.54) is 6.07 Å². The van der Waals surface area contributed by atoms with E-state index < -0.39 is 35.0 Å². The molecule has 3 amide bonds. The fourth-order valence-corrected chi connectivity index (χ4v) is 1.53. The van der Waals surface area contributed by atoms with Gasteiger partial charge < -0.3 is 20.9 Å². The average Bonchev–Trinajstić information content (AvgIpc) is 2.97. The van der Waals surface area contributed by atoms with Crippen LogP contribution in [0.15, 0.2) is 28.8 Å². The third-order valence-corrected chi connectivity index (χ3v) is 2.62. The van der Waals surface area contributed by atoms with Crippen molar-refractivity contribution >= 4 is 23.4 Å². The van der Waals surface area contributed by atoms with Crippen LogP contribution in [0.5, 0.6) is 0 Å². The quantitative estimate of drug-likeness (QED) is 0.697. The Hall–Kier alpha value is -3.30. The van der Waals surface area contributed by atoms with Gasteiger partial charge in [0.05, 0.1) is 12.2 Å². The first-order valence-electron chi connectivity index (χ1n) is 6.16. The Morgan fingerprint density at radius 2 is 1.91 bits per heavy atom. The highest BCUT2D eigenvalue weighted by Crippen LogP contribution is 2.15. The number of hydrogen-bond donors (Lipinski definition) is 3. The summed E-state index contributed by atoms with van der Waals surface area (Å²) in [4.78, 5) is 33.9. The number of hydrogen-bond acceptors (Lipinski definition) is 5. The SMILES string of the molecule is NC(=O)c1cc(CNC(=O)C(=O)Nc2cc(F)ccc2F)on1. The lowest BCUT2D eigenvalue weighted by Gasteiger charge is -2.06. The van der Waals surface area contributed by atoms with E-state index in [9.17, 15) is 23.2 Å². The fourth-order valence-electron chi connectivity index (χ4n) is 1.53. The molecule has 10 heteroatoms. The summed E-state index contributed by atoms with van der Waals surface area (Å²) in [6.07, 6.45) is 0. The number of halogens is 2. The predicted molar refractivity (Wildman–Crippen MR) is 71.9 cm³/mol. The van der Waals surface area contributed by atoms with Gasteiger partial charge in [-0.05, 0) is 12.1 Å². The molecule has 0 fully saturated rings. The van der Waals surface area contributed by atoms with Crippen LogP contribution >= 0.6 is 0 Å². The number of nitrogens with one attached hydrogen (secondary N) is 2. The molecule has 1 aromatic heterocycles. The molecule has 0 atom stereocenters. The maximum atomic E-state index is 13.3. The van der Waals surface area contributed by atoms with E-state index in [2.05, 4.69) is 10.5 Å².